The van der Waals surface area contributed by atoms with Crippen molar-refractivity contribution in [1.82, 2.24) is 15.1 Å². The van der Waals surface area contributed by atoms with Gasteiger partial charge in [0.2, 0.25) is 5.91 Å². The van der Waals surface area contributed by atoms with E-state index in [1.807, 2.05) is 4.90 Å². The molecule has 0 aromatic heterocycles. The molecule has 1 fully saturated rings. The third kappa shape index (κ3) is 6.23. The molecule has 1 heterocycles. The Hall–Kier alpha value is -1.43. The second kappa shape index (κ2) is 10.4. The summed E-state index contributed by atoms with van der Waals surface area (Å²) < 4.78 is 4.99. The summed E-state index contributed by atoms with van der Waals surface area (Å²) in [7, 11) is 1.67. The highest BCUT2D eigenvalue weighted by Crippen LogP contribution is 2.19. The Morgan fingerprint density at radius 3 is 2.88 bits per heavy atom. The maximum Gasteiger partial charge on any atom is 0.236 e. The van der Waals surface area contributed by atoms with Gasteiger partial charge in [-0.1, -0.05) is 30.3 Å². The minimum absolute atomic E-state index is 0.190. The second-order valence-corrected chi connectivity index (χ2v) is 6.48. The molecule has 24 heavy (non-hydrogen) atoms. The average molecular weight is 333 g/mol. The molecule has 0 bridgehead atoms. The molecule has 1 aliphatic rings. The van der Waals surface area contributed by atoms with Crippen LogP contribution in [-0.4, -0.2) is 68.7 Å². The molecule has 134 valence electrons. The number of hydrogen-bond acceptors (Lipinski definition) is 4. The maximum absolute atomic E-state index is 12.3. The maximum atomic E-state index is 12.3. The monoisotopic (exact) mass is 333 g/mol. The number of methoxy groups -OCH3 is 1. The Balaban J connectivity index is 1.72. The molecular formula is C19H31N3O2. The normalized spacial score (nSPS) is 18.0. The SMILES string of the molecule is CCN(CC1CCN(Cc2ccccc2)C1)C(=O)CNCCOC. The molecule has 0 aliphatic carbocycles. The molecular weight excluding hydrogens is 302 g/mol. The number of ether oxygens (including phenoxy) is 1. The van der Waals surface area contributed by atoms with Crippen molar-refractivity contribution in [3.8, 4) is 0 Å². The highest BCUT2D eigenvalue weighted by molar-refractivity contribution is 5.78. The molecule has 2 rings (SSSR count). The van der Waals surface area contributed by atoms with Crippen molar-refractivity contribution < 1.29 is 9.53 Å². The summed E-state index contributed by atoms with van der Waals surface area (Å²) in [5.41, 5.74) is 1.36. The van der Waals surface area contributed by atoms with Gasteiger partial charge in [-0.25, -0.2) is 0 Å². The van der Waals surface area contributed by atoms with Crippen molar-refractivity contribution in [2.45, 2.75) is 19.9 Å². The van der Waals surface area contributed by atoms with Crippen LogP contribution in [0.2, 0.25) is 0 Å². The Bertz CT molecular complexity index is 481. The van der Waals surface area contributed by atoms with Crippen molar-refractivity contribution in [1.29, 1.82) is 0 Å². The Morgan fingerprint density at radius 1 is 1.38 bits per heavy atom. The predicted molar refractivity (Wildman–Crippen MR) is 96.8 cm³/mol. The number of hydrogen-bond donors (Lipinski definition) is 1. The summed E-state index contributed by atoms with van der Waals surface area (Å²) in [6.07, 6.45) is 1.17. The molecule has 1 unspecified atom stereocenters. The van der Waals surface area contributed by atoms with Crippen LogP contribution >= 0.6 is 0 Å². The lowest BCUT2D eigenvalue weighted by molar-refractivity contribution is -0.130. The number of rotatable bonds is 10. The minimum Gasteiger partial charge on any atom is -0.383 e. The summed E-state index contributed by atoms with van der Waals surface area (Å²) in [4.78, 5) is 16.8. The third-order valence-corrected chi connectivity index (χ3v) is 4.59. The van der Waals surface area contributed by atoms with Gasteiger partial charge in [0.05, 0.1) is 13.2 Å². The summed E-state index contributed by atoms with van der Waals surface area (Å²) in [6.45, 7) is 8.67. The first-order chi connectivity index (χ1) is 11.7. The number of nitrogens with zero attached hydrogens (tertiary/aromatic N) is 2. The fourth-order valence-electron chi connectivity index (χ4n) is 3.25. The van der Waals surface area contributed by atoms with Crippen LogP contribution in [0.15, 0.2) is 30.3 Å². The Morgan fingerprint density at radius 2 is 2.17 bits per heavy atom. The summed E-state index contributed by atoms with van der Waals surface area (Å²) in [5.74, 6) is 0.770. The number of likely N-dealkylation sites (tertiary alicyclic amines) is 1. The van der Waals surface area contributed by atoms with Crippen LogP contribution in [0.1, 0.15) is 18.9 Å². The summed E-state index contributed by atoms with van der Waals surface area (Å²) in [6, 6.07) is 10.6. The molecule has 1 aromatic rings. The quantitative estimate of drug-likeness (QED) is 0.661. The molecule has 1 aliphatic heterocycles. The van der Waals surface area contributed by atoms with E-state index in [1.54, 1.807) is 7.11 Å². The lowest BCUT2D eigenvalue weighted by Gasteiger charge is -2.25. The van der Waals surface area contributed by atoms with Crippen LogP contribution in [0, 0.1) is 5.92 Å². The van der Waals surface area contributed by atoms with Crippen LogP contribution in [0.4, 0.5) is 0 Å². The van der Waals surface area contributed by atoms with E-state index in [2.05, 4.69) is 47.5 Å². The molecule has 1 N–H and O–H groups in total. The van der Waals surface area contributed by atoms with Gasteiger partial charge in [-0.05, 0) is 31.4 Å². The van der Waals surface area contributed by atoms with Gasteiger partial charge in [0.25, 0.3) is 0 Å². The lowest BCUT2D eigenvalue weighted by Crippen LogP contribution is -2.41. The van der Waals surface area contributed by atoms with Crippen LogP contribution in [0.3, 0.4) is 0 Å². The molecule has 5 nitrogen and oxygen atoms in total. The van der Waals surface area contributed by atoms with E-state index in [-0.39, 0.29) is 5.91 Å². The zero-order chi connectivity index (χ0) is 17.2. The van der Waals surface area contributed by atoms with E-state index in [0.29, 0.717) is 25.6 Å². The van der Waals surface area contributed by atoms with E-state index < -0.39 is 0 Å². The highest BCUT2D eigenvalue weighted by Gasteiger charge is 2.25. The number of nitrogens with one attached hydrogen (secondary N) is 1. The smallest absolute Gasteiger partial charge is 0.236 e. The number of benzene rings is 1. The van der Waals surface area contributed by atoms with Crippen LogP contribution in [-0.2, 0) is 16.1 Å². The van der Waals surface area contributed by atoms with Gasteiger partial charge in [0, 0.05) is 39.8 Å². The number of likely N-dealkylation sites (N-methyl/N-ethyl adjacent to an activating group) is 1. The van der Waals surface area contributed by atoms with Gasteiger partial charge in [-0.3, -0.25) is 9.69 Å². The average Bonchev–Trinajstić information content (AvgIpc) is 3.04. The van der Waals surface area contributed by atoms with Crippen molar-refractivity contribution in [2.24, 2.45) is 5.92 Å². The molecule has 1 atom stereocenters. The van der Waals surface area contributed by atoms with Crippen molar-refractivity contribution in [2.75, 3.05) is 53.0 Å². The van der Waals surface area contributed by atoms with E-state index in [4.69, 9.17) is 4.74 Å². The molecule has 5 heteroatoms. The first-order valence-corrected chi connectivity index (χ1v) is 8.96. The first kappa shape index (κ1) is 18.9. The Labute approximate surface area is 146 Å². The molecule has 1 amide bonds. The van der Waals surface area contributed by atoms with E-state index in [9.17, 15) is 4.79 Å². The molecule has 1 saturated heterocycles. The van der Waals surface area contributed by atoms with Crippen LogP contribution in [0.5, 0.6) is 0 Å². The molecule has 0 spiro atoms. The van der Waals surface area contributed by atoms with Crippen molar-refractivity contribution in [3.05, 3.63) is 35.9 Å². The van der Waals surface area contributed by atoms with Gasteiger partial charge in [-0.15, -0.1) is 0 Å². The fourth-order valence-corrected chi connectivity index (χ4v) is 3.25. The van der Waals surface area contributed by atoms with Gasteiger partial charge in [0.15, 0.2) is 0 Å². The van der Waals surface area contributed by atoms with Gasteiger partial charge in [-0.2, -0.15) is 0 Å². The van der Waals surface area contributed by atoms with E-state index in [1.165, 1.54) is 12.0 Å². The zero-order valence-corrected chi connectivity index (χ0v) is 15.0. The van der Waals surface area contributed by atoms with Crippen LogP contribution in [0.25, 0.3) is 0 Å². The topological polar surface area (TPSA) is 44.8 Å². The first-order valence-electron chi connectivity index (χ1n) is 8.96. The number of amides is 1. The summed E-state index contributed by atoms with van der Waals surface area (Å²) in [5, 5.41) is 3.14. The highest BCUT2D eigenvalue weighted by atomic mass is 16.5. The zero-order valence-electron chi connectivity index (χ0n) is 15.0. The lowest BCUT2D eigenvalue weighted by atomic mass is 10.1. The number of carbonyl (C=O) groups is 1. The molecule has 0 radical (unpaired) electrons. The van der Waals surface area contributed by atoms with E-state index in [0.717, 1.165) is 32.7 Å². The van der Waals surface area contributed by atoms with Gasteiger partial charge >= 0.3 is 0 Å². The Kier molecular flexibility index (Phi) is 8.22. The fraction of sp³-hybridized carbons (Fsp3) is 0.632. The second-order valence-electron chi connectivity index (χ2n) is 6.48. The van der Waals surface area contributed by atoms with Crippen molar-refractivity contribution >= 4 is 5.91 Å². The predicted octanol–water partition coefficient (Wildman–Crippen LogP) is 1.59. The molecule has 0 saturated carbocycles. The third-order valence-electron chi connectivity index (χ3n) is 4.59. The standard InChI is InChI=1S/C19H31N3O2/c1-3-22(19(23)13-20-10-12-24-2)16-18-9-11-21(15-18)14-17-7-5-4-6-8-17/h4-8,18,20H,3,9-16H2,1-2H3. The number of carbonyl (C=O) groups excluding carboxylic acids is 1. The molecule has 1 aromatic carbocycles. The summed E-state index contributed by atoms with van der Waals surface area (Å²) >= 11 is 0. The van der Waals surface area contributed by atoms with Gasteiger partial charge in [0.1, 0.15) is 0 Å². The van der Waals surface area contributed by atoms with Gasteiger partial charge < -0.3 is 15.0 Å². The largest absolute Gasteiger partial charge is 0.383 e. The van der Waals surface area contributed by atoms with Crippen molar-refractivity contribution in [3.63, 3.8) is 0 Å². The van der Waals surface area contributed by atoms with Crippen LogP contribution < -0.4 is 5.32 Å². The van der Waals surface area contributed by atoms with E-state index >= 15 is 0 Å². The minimum atomic E-state index is 0.190.